The van der Waals surface area contributed by atoms with Crippen LogP contribution in [0, 0.1) is 10.1 Å². The maximum absolute atomic E-state index is 12.4. The minimum atomic E-state index is -0.495. The SMILES string of the molecule is CCn1nc(NC(=O)c2ccc([N+](=O)[O-])cc2)c2c1C(C)(C)NC2. The lowest BCUT2D eigenvalue weighted by atomic mass is 10.0. The Bertz CT molecular complexity index is 808. The van der Waals surface area contributed by atoms with Crippen LogP contribution in [0.4, 0.5) is 11.5 Å². The van der Waals surface area contributed by atoms with E-state index in [0.29, 0.717) is 24.5 Å². The van der Waals surface area contributed by atoms with E-state index in [1.807, 2.05) is 11.6 Å². The fourth-order valence-electron chi connectivity index (χ4n) is 3.00. The highest BCUT2D eigenvalue weighted by atomic mass is 16.6. The summed E-state index contributed by atoms with van der Waals surface area (Å²) in [5, 5.41) is 21.4. The smallest absolute Gasteiger partial charge is 0.269 e. The molecule has 1 aromatic heterocycles. The van der Waals surface area contributed by atoms with E-state index in [4.69, 9.17) is 0 Å². The number of carbonyl (C=O) groups is 1. The zero-order chi connectivity index (χ0) is 17.5. The molecule has 2 aromatic rings. The Balaban J connectivity index is 1.87. The number of hydrogen-bond donors (Lipinski definition) is 2. The maximum Gasteiger partial charge on any atom is 0.269 e. The Morgan fingerprint density at radius 3 is 2.67 bits per heavy atom. The molecule has 0 aliphatic carbocycles. The fraction of sp³-hybridized carbons (Fsp3) is 0.375. The standard InChI is InChI=1S/C16H19N5O3/c1-4-20-13-12(9-17-16(13,2)3)14(19-20)18-15(22)10-5-7-11(8-6-10)21(23)24/h5-8,17H,4,9H2,1-3H3,(H,18,19,22). The van der Waals surface area contributed by atoms with Crippen molar-refractivity contribution in [1.82, 2.24) is 15.1 Å². The number of rotatable bonds is 4. The van der Waals surface area contributed by atoms with Gasteiger partial charge in [0.2, 0.25) is 0 Å². The summed E-state index contributed by atoms with van der Waals surface area (Å²) in [6.45, 7) is 7.51. The Labute approximate surface area is 139 Å². The second-order valence-corrected chi connectivity index (χ2v) is 6.23. The van der Waals surface area contributed by atoms with E-state index in [9.17, 15) is 14.9 Å². The Morgan fingerprint density at radius 2 is 2.08 bits per heavy atom. The number of anilines is 1. The van der Waals surface area contributed by atoms with Crippen molar-refractivity contribution in [2.24, 2.45) is 0 Å². The van der Waals surface area contributed by atoms with Crippen LogP contribution in [-0.4, -0.2) is 20.6 Å². The van der Waals surface area contributed by atoms with E-state index in [1.54, 1.807) is 0 Å². The first-order valence-corrected chi connectivity index (χ1v) is 7.74. The average Bonchev–Trinajstić information content (AvgIpc) is 3.06. The lowest BCUT2D eigenvalue weighted by Gasteiger charge is -2.20. The molecular weight excluding hydrogens is 310 g/mol. The molecule has 0 bridgehead atoms. The number of carbonyl (C=O) groups excluding carboxylic acids is 1. The molecule has 8 nitrogen and oxygen atoms in total. The number of non-ortho nitro benzene ring substituents is 1. The van der Waals surface area contributed by atoms with Crippen molar-refractivity contribution in [2.45, 2.75) is 39.4 Å². The molecule has 24 heavy (non-hydrogen) atoms. The molecule has 1 aromatic carbocycles. The Hall–Kier alpha value is -2.74. The number of fused-ring (bicyclic) bond motifs is 1. The molecule has 1 aliphatic heterocycles. The monoisotopic (exact) mass is 329 g/mol. The molecule has 126 valence electrons. The quantitative estimate of drug-likeness (QED) is 0.662. The van der Waals surface area contributed by atoms with Gasteiger partial charge in [0, 0.05) is 36.3 Å². The Kier molecular flexibility index (Phi) is 3.84. The fourth-order valence-corrected chi connectivity index (χ4v) is 3.00. The van der Waals surface area contributed by atoms with E-state index in [2.05, 4.69) is 29.6 Å². The maximum atomic E-state index is 12.4. The lowest BCUT2D eigenvalue weighted by Crippen LogP contribution is -2.32. The summed E-state index contributed by atoms with van der Waals surface area (Å²) in [6.07, 6.45) is 0. The van der Waals surface area contributed by atoms with Gasteiger partial charge in [-0.2, -0.15) is 5.10 Å². The van der Waals surface area contributed by atoms with Gasteiger partial charge in [0.25, 0.3) is 11.6 Å². The van der Waals surface area contributed by atoms with Crippen LogP contribution in [0.3, 0.4) is 0 Å². The van der Waals surface area contributed by atoms with Crippen LogP contribution >= 0.6 is 0 Å². The normalized spacial score (nSPS) is 15.1. The minimum Gasteiger partial charge on any atom is -0.305 e. The summed E-state index contributed by atoms with van der Waals surface area (Å²) >= 11 is 0. The average molecular weight is 329 g/mol. The third-order valence-electron chi connectivity index (χ3n) is 4.22. The topological polar surface area (TPSA) is 102 Å². The third-order valence-corrected chi connectivity index (χ3v) is 4.22. The first-order chi connectivity index (χ1) is 11.3. The number of nitro benzene ring substituents is 1. The zero-order valence-electron chi connectivity index (χ0n) is 13.8. The first-order valence-electron chi connectivity index (χ1n) is 7.74. The molecular formula is C16H19N5O3. The number of nitrogens with one attached hydrogen (secondary N) is 2. The summed E-state index contributed by atoms with van der Waals surface area (Å²) < 4.78 is 1.89. The van der Waals surface area contributed by atoms with Gasteiger partial charge in [-0.1, -0.05) is 0 Å². The predicted octanol–water partition coefficient (Wildman–Crippen LogP) is 2.40. The van der Waals surface area contributed by atoms with Gasteiger partial charge in [-0.15, -0.1) is 0 Å². The summed E-state index contributed by atoms with van der Waals surface area (Å²) in [4.78, 5) is 22.6. The molecule has 0 fully saturated rings. The van der Waals surface area contributed by atoms with E-state index in [0.717, 1.165) is 11.3 Å². The number of nitro groups is 1. The number of aryl methyl sites for hydroxylation is 1. The van der Waals surface area contributed by atoms with Crippen molar-refractivity contribution < 1.29 is 9.72 Å². The number of amides is 1. The zero-order valence-corrected chi connectivity index (χ0v) is 13.8. The molecule has 0 unspecified atom stereocenters. The van der Waals surface area contributed by atoms with Gasteiger partial charge in [-0.3, -0.25) is 19.6 Å². The second kappa shape index (κ2) is 5.72. The number of aromatic nitrogens is 2. The Morgan fingerprint density at radius 1 is 1.42 bits per heavy atom. The highest BCUT2D eigenvalue weighted by Crippen LogP contribution is 2.35. The number of benzene rings is 1. The highest BCUT2D eigenvalue weighted by Gasteiger charge is 2.36. The van der Waals surface area contributed by atoms with E-state index in [1.165, 1.54) is 24.3 Å². The van der Waals surface area contributed by atoms with E-state index in [-0.39, 0.29) is 17.1 Å². The third kappa shape index (κ3) is 2.65. The van der Waals surface area contributed by atoms with Gasteiger partial charge < -0.3 is 10.6 Å². The molecule has 0 radical (unpaired) electrons. The summed E-state index contributed by atoms with van der Waals surface area (Å²) in [5.41, 5.74) is 2.16. The van der Waals surface area contributed by atoms with E-state index < -0.39 is 4.92 Å². The van der Waals surface area contributed by atoms with Crippen LogP contribution in [-0.2, 0) is 18.6 Å². The van der Waals surface area contributed by atoms with Gasteiger partial charge in [0.05, 0.1) is 16.2 Å². The molecule has 0 saturated carbocycles. The van der Waals surface area contributed by atoms with Crippen LogP contribution in [0.5, 0.6) is 0 Å². The summed E-state index contributed by atoms with van der Waals surface area (Å²) in [5.74, 6) is 0.200. The van der Waals surface area contributed by atoms with Gasteiger partial charge in [0.15, 0.2) is 5.82 Å². The van der Waals surface area contributed by atoms with Crippen molar-refractivity contribution in [3.05, 3.63) is 51.2 Å². The van der Waals surface area contributed by atoms with E-state index >= 15 is 0 Å². The van der Waals surface area contributed by atoms with Crippen LogP contribution in [0.1, 0.15) is 42.4 Å². The lowest BCUT2D eigenvalue weighted by molar-refractivity contribution is -0.384. The van der Waals surface area contributed by atoms with Gasteiger partial charge in [0.1, 0.15) is 0 Å². The van der Waals surface area contributed by atoms with Crippen molar-refractivity contribution >= 4 is 17.4 Å². The first kappa shape index (κ1) is 16.1. The van der Waals surface area contributed by atoms with Crippen LogP contribution in [0.25, 0.3) is 0 Å². The molecule has 0 spiro atoms. The predicted molar refractivity (Wildman–Crippen MR) is 88.8 cm³/mol. The van der Waals surface area contributed by atoms with Crippen LogP contribution in [0.15, 0.2) is 24.3 Å². The van der Waals surface area contributed by atoms with Crippen molar-refractivity contribution in [1.29, 1.82) is 0 Å². The summed E-state index contributed by atoms with van der Waals surface area (Å²) in [7, 11) is 0. The molecule has 1 amide bonds. The molecule has 2 N–H and O–H groups in total. The number of nitrogens with zero attached hydrogens (tertiary/aromatic N) is 3. The largest absolute Gasteiger partial charge is 0.305 e. The van der Waals surface area contributed by atoms with Crippen molar-refractivity contribution in [3.63, 3.8) is 0 Å². The minimum absolute atomic E-state index is 0.0475. The van der Waals surface area contributed by atoms with Gasteiger partial charge in [-0.25, -0.2) is 0 Å². The van der Waals surface area contributed by atoms with Gasteiger partial charge >= 0.3 is 0 Å². The van der Waals surface area contributed by atoms with Crippen LogP contribution in [0.2, 0.25) is 0 Å². The molecule has 2 heterocycles. The molecule has 1 aliphatic rings. The summed E-state index contributed by atoms with van der Waals surface area (Å²) in [6, 6.07) is 5.50. The van der Waals surface area contributed by atoms with Crippen LogP contribution < -0.4 is 10.6 Å². The number of hydrogen-bond acceptors (Lipinski definition) is 5. The molecule has 0 saturated heterocycles. The van der Waals surface area contributed by atoms with Gasteiger partial charge in [-0.05, 0) is 32.9 Å². The van der Waals surface area contributed by atoms with Crippen molar-refractivity contribution in [3.8, 4) is 0 Å². The highest BCUT2D eigenvalue weighted by molar-refractivity contribution is 6.04. The van der Waals surface area contributed by atoms with Crippen molar-refractivity contribution in [2.75, 3.05) is 5.32 Å². The molecule has 3 rings (SSSR count). The second-order valence-electron chi connectivity index (χ2n) is 6.23. The molecule has 0 atom stereocenters. The molecule has 8 heteroatoms.